The van der Waals surface area contributed by atoms with Crippen molar-refractivity contribution in [2.45, 2.75) is 70.7 Å². The van der Waals surface area contributed by atoms with Gasteiger partial charge < -0.3 is 14.4 Å². The fourth-order valence-corrected chi connectivity index (χ4v) is 5.95. The van der Waals surface area contributed by atoms with Crippen molar-refractivity contribution in [2.75, 3.05) is 19.6 Å². The lowest BCUT2D eigenvalue weighted by Gasteiger charge is -2.35. The first-order chi connectivity index (χ1) is 15.9. The third kappa shape index (κ3) is 6.16. The lowest BCUT2D eigenvalue weighted by atomic mass is 9.97. The SMILES string of the molecule is CC1CN(C(=O)CCN2C(=O)/C(=C/c3ccccc3OC3CCCCC3)SC2=S)CC(C)O1. The van der Waals surface area contributed by atoms with Crippen molar-refractivity contribution in [1.29, 1.82) is 0 Å². The van der Waals surface area contributed by atoms with E-state index in [0.717, 1.165) is 24.2 Å². The second kappa shape index (κ2) is 11.0. The molecule has 1 saturated carbocycles. The summed E-state index contributed by atoms with van der Waals surface area (Å²) in [6.07, 6.45) is 8.22. The Morgan fingerprint density at radius 3 is 2.61 bits per heavy atom. The van der Waals surface area contributed by atoms with E-state index in [1.807, 2.05) is 49.1 Å². The Labute approximate surface area is 205 Å². The third-order valence-electron chi connectivity index (χ3n) is 6.25. The predicted octanol–water partition coefficient (Wildman–Crippen LogP) is 4.63. The highest BCUT2D eigenvalue weighted by atomic mass is 32.2. The largest absolute Gasteiger partial charge is 0.490 e. The molecule has 1 aromatic rings. The highest BCUT2D eigenvalue weighted by Crippen LogP contribution is 2.35. The molecular formula is C25H32N2O4S2. The van der Waals surface area contributed by atoms with Crippen LogP contribution in [0.3, 0.4) is 0 Å². The van der Waals surface area contributed by atoms with Crippen LogP contribution in [0.1, 0.15) is 57.9 Å². The van der Waals surface area contributed by atoms with E-state index in [-0.39, 0.29) is 36.5 Å². The van der Waals surface area contributed by atoms with E-state index in [2.05, 4.69) is 0 Å². The molecule has 0 bridgehead atoms. The van der Waals surface area contributed by atoms with Crippen LogP contribution < -0.4 is 4.74 Å². The molecule has 3 aliphatic rings. The van der Waals surface area contributed by atoms with Crippen molar-refractivity contribution < 1.29 is 19.1 Å². The van der Waals surface area contributed by atoms with Crippen molar-refractivity contribution in [2.24, 2.45) is 0 Å². The topological polar surface area (TPSA) is 59.1 Å². The van der Waals surface area contributed by atoms with Gasteiger partial charge in [0, 0.05) is 31.6 Å². The number of benzene rings is 1. The molecule has 3 fully saturated rings. The number of hydrogen-bond acceptors (Lipinski definition) is 6. The van der Waals surface area contributed by atoms with E-state index in [4.69, 9.17) is 21.7 Å². The summed E-state index contributed by atoms with van der Waals surface area (Å²) in [6.45, 7) is 5.40. The molecule has 2 heterocycles. The summed E-state index contributed by atoms with van der Waals surface area (Å²) in [5.74, 6) is 0.690. The van der Waals surface area contributed by atoms with Crippen molar-refractivity contribution in [3.63, 3.8) is 0 Å². The number of carbonyl (C=O) groups excluding carboxylic acids is 2. The Hall–Kier alpha value is -1.90. The van der Waals surface area contributed by atoms with E-state index in [0.29, 0.717) is 28.9 Å². The third-order valence-corrected chi connectivity index (χ3v) is 7.62. The van der Waals surface area contributed by atoms with Crippen LogP contribution in [-0.4, -0.2) is 63.9 Å². The lowest BCUT2D eigenvalue weighted by Crippen LogP contribution is -2.48. The van der Waals surface area contributed by atoms with Crippen LogP contribution in [0.2, 0.25) is 0 Å². The number of carbonyl (C=O) groups is 2. The van der Waals surface area contributed by atoms with Gasteiger partial charge in [-0.1, -0.05) is 48.6 Å². The fourth-order valence-electron chi connectivity index (χ4n) is 4.65. The molecule has 0 aromatic heterocycles. The molecule has 0 N–H and O–H groups in total. The van der Waals surface area contributed by atoms with Crippen LogP contribution in [-0.2, 0) is 14.3 Å². The zero-order valence-corrected chi connectivity index (χ0v) is 21.0. The highest BCUT2D eigenvalue weighted by molar-refractivity contribution is 8.26. The second-order valence-corrected chi connectivity index (χ2v) is 10.7. The number of thioether (sulfide) groups is 1. The molecule has 1 aliphatic carbocycles. The van der Waals surface area contributed by atoms with E-state index in [1.165, 1.54) is 31.0 Å². The molecule has 2 unspecified atom stereocenters. The van der Waals surface area contributed by atoms with E-state index in [9.17, 15) is 9.59 Å². The Morgan fingerprint density at radius 1 is 1.18 bits per heavy atom. The smallest absolute Gasteiger partial charge is 0.266 e. The fraction of sp³-hybridized carbons (Fsp3) is 0.560. The van der Waals surface area contributed by atoms with Crippen LogP contribution in [0.25, 0.3) is 6.08 Å². The normalized spacial score (nSPS) is 25.7. The number of amides is 2. The summed E-state index contributed by atoms with van der Waals surface area (Å²) in [4.78, 5) is 29.7. The van der Waals surface area contributed by atoms with Crippen LogP contribution >= 0.6 is 24.0 Å². The van der Waals surface area contributed by atoms with Crippen LogP contribution in [0.15, 0.2) is 29.2 Å². The summed E-state index contributed by atoms with van der Waals surface area (Å²) in [6, 6.07) is 7.84. The Balaban J connectivity index is 1.39. The molecule has 33 heavy (non-hydrogen) atoms. The van der Waals surface area contributed by atoms with Gasteiger partial charge in [0.25, 0.3) is 5.91 Å². The van der Waals surface area contributed by atoms with E-state index in [1.54, 1.807) is 4.90 Å². The summed E-state index contributed by atoms with van der Waals surface area (Å²) in [7, 11) is 0. The van der Waals surface area contributed by atoms with Crippen molar-refractivity contribution in [3.05, 3.63) is 34.7 Å². The number of hydrogen-bond donors (Lipinski definition) is 0. The first-order valence-corrected chi connectivity index (χ1v) is 13.1. The first-order valence-electron chi connectivity index (χ1n) is 11.8. The van der Waals surface area contributed by atoms with Crippen LogP contribution in [0.4, 0.5) is 0 Å². The number of nitrogens with zero attached hydrogens (tertiary/aromatic N) is 2. The summed E-state index contributed by atoms with van der Waals surface area (Å²) >= 11 is 6.76. The maximum absolute atomic E-state index is 13.1. The quantitative estimate of drug-likeness (QED) is 0.430. The van der Waals surface area contributed by atoms with Gasteiger partial charge in [0.05, 0.1) is 23.2 Å². The minimum Gasteiger partial charge on any atom is -0.490 e. The molecule has 178 valence electrons. The predicted molar refractivity (Wildman–Crippen MR) is 135 cm³/mol. The molecule has 8 heteroatoms. The Bertz CT molecular complexity index is 919. The van der Waals surface area contributed by atoms with Gasteiger partial charge in [-0.15, -0.1) is 0 Å². The molecule has 2 amide bonds. The van der Waals surface area contributed by atoms with Gasteiger partial charge in [0.15, 0.2) is 0 Å². The zero-order chi connectivity index (χ0) is 23.4. The average molecular weight is 489 g/mol. The summed E-state index contributed by atoms with van der Waals surface area (Å²) in [5.41, 5.74) is 0.885. The Kier molecular flexibility index (Phi) is 8.09. The molecule has 2 saturated heterocycles. The molecule has 0 radical (unpaired) electrons. The lowest BCUT2D eigenvalue weighted by molar-refractivity contribution is -0.143. The van der Waals surface area contributed by atoms with Crippen molar-refractivity contribution >= 4 is 46.2 Å². The number of para-hydroxylation sites is 1. The van der Waals surface area contributed by atoms with Crippen LogP contribution in [0.5, 0.6) is 5.75 Å². The molecule has 2 aliphatic heterocycles. The van der Waals surface area contributed by atoms with Gasteiger partial charge in [-0.05, 0) is 51.7 Å². The number of ether oxygens (including phenoxy) is 2. The highest BCUT2D eigenvalue weighted by Gasteiger charge is 2.33. The van der Waals surface area contributed by atoms with Gasteiger partial charge in [0.1, 0.15) is 10.1 Å². The number of rotatable bonds is 6. The van der Waals surface area contributed by atoms with Gasteiger partial charge in [-0.3, -0.25) is 14.5 Å². The maximum Gasteiger partial charge on any atom is 0.266 e. The van der Waals surface area contributed by atoms with Gasteiger partial charge in [-0.25, -0.2) is 0 Å². The second-order valence-electron chi connectivity index (χ2n) is 9.06. The maximum atomic E-state index is 13.1. The number of thiocarbonyl (C=S) groups is 1. The van der Waals surface area contributed by atoms with Gasteiger partial charge in [0.2, 0.25) is 5.91 Å². The molecule has 6 nitrogen and oxygen atoms in total. The van der Waals surface area contributed by atoms with Crippen molar-refractivity contribution in [3.8, 4) is 5.75 Å². The standard InChI is InChI=1S/C25H32N2O4S2/c1-17-15-26(16-18(2)30-17)23(28)12-13-27-24(29)22(33-25(27)32)14-19-8-6-7-11-21(19)31-20-9-4-3-5-10-20/h6-8,11,14,17-18,20H,3-5,9-10,12-13,15-16H2,1-2H3/b22-14-. The monoisotopic (exact) mass is 488 g/mol. The van der Waals surface area contributed by atoms with Gasteiger partial charge in [-0.2, -0.15) is 0 Å². The minimum absolute atomic E-state index is 0.0215. The zero-order valence-electron chi connectivity index (χ0n) is 19.3. The summed E-state index contributed by atoms with van der Waals surface area (Å²) < 4.78 is 12.5. The average Bonchev–Trinajstić information content (AvgIpc) is 3.05. The molecule has 0 spiro atoms. The van der Waals surface area contributed by atoms with Crippen LogP contribution in [0, 0.1) is 0 Å². The van der Waals surface area contributed by atoms with E-state index >= 15 is 0 Å². The van der Waals surface area contributed by atoms with Crippen molar-refractivity contribution in [1.82, 2.24) is 9.80 Å². The number of morpholine rings is 1. The van der Waals surface area contributed by atoms with Gasteiger partial charge >= 0.3 is 0 Å². The summed E-state index contributed by atoms with van der Waals surface area (Å²) in [5, 5.41) is 0. The molecular weight excluding hydrogens is 456 g/mol. The molecule has 4 rings (SSSR count). The molecule has 2 atom stereocenters. The molecule has 1 aromatic carbocycles. The van der Waals surface area contributed by atoms with E-state index < -0.39 is 0 Å². The first kappa shape index (κ1) is 24.2. The minimum atomic E-state index is -0.144. The Morgan fingerprint density at radius 2 is 1.88 bits per heavy atom.